The molecule has 0 saturated carbocycles. The zero-order chi connectivity index (χ0) is 11.1. The fourth-order valence-corrected chi connectivity index (χ4v) is 1.83. The molecule has 1 amide bonds. The zero-order valence-electron chi connectivity index (χ0n) is 8.74. The third kappa shape index (κ3) is 1.45. The fraction of sp³-hybridized carbons (Fsp3) is 0.250. The Morgan fingerprint density at radius 3 is 2.73 bits per heavy atom. The Bertz CT molecular complexity index is 447. The molecule has 2 rings (SSSR count). The number of hydrogen-bond acceptors (Lipinski definition) is 2. The van der Waals surface area contributed by atoms with Gasteiger partial charge < -0.3 is 10.4 Å². The predicted octanol–water partition coefficient (Wildman–Crippen LogP) is 1.79. The summed E-state index contributed by atoms with van der Waals surface area (Å²) in [5, 5.41) is 13.0. The highest BCUT2D eigenvalue weighted by Gasteiger charge is 2.42. The van der Waals surface area contributed by atoms with Gasteiger partial charge in [0.1, 0.15) is 0 Å². The molecule has 15 heavy (non-hydrogen) atoms. The van der Waals surface area contributed by atoms with E-state index in [-0.39, 0.29) is 5.91 Å². The third-order valence-corrected chi connectivity index (χ3v) is 2.43. The van der Waals surface area contributed by atoms with E-state index in [2.05, 4.69) is 5.32 Å². The summed E-state index contributed by atoms with van der Waals surface area (Å²) in [6.07, 6.45) is 1.58. The molecule has 1 aliphatic rings. The molecule has 0 fully saturated rings. The summed E-state index contributed by atoms with van der Waals surface area (Å²) in [5.74, 6) is -0.384. The number of benzene rings is 1. The van der Waals surface area contributed by atoms with Crippen LogP contribution in [0.25, 0.3) is 0 Å². The van der Waals surface area contributed by atoms with Crippen LogP contribution in [0.4, 0.5) is 5.69 Å². The van der Waals surface area contributed by atoms with E-state index in [1.54, 1.807) is 18.2 Å². The monoisotopic (exact) mass is 203 g/mol. The Hall–Kier alpha value is -1.61. The predicted molar refractivity (Wildman–Crippen MR) is 58.4 cm³/mol. The van der Waals surface area contributed by atoms with Gasteiger partial charge in [-0.05, 0) is 26.0 Å². The van der Waals surface area contributed by atoms with Gasteiger partial charge in [0.2, 0.25) is 0 Å². The van der Waals surface area contributed by atoms with Crippen LogP contribution in [0.2, 0.25) is 0 Å². The Morgan fingerprint density at radius 2 is 2.07 bits per heavy atom. The molecule has 1 aromatic rings. The molecule has 3 nitrogen and oxygen atoms in total. The van der Waals surface area contributed by atoms with Gasteiger partial charge >= 0.3 is 0 Å². The number of rotatable bonds is 1. The van der Waals surface area contributed by atoms with Crippen molar-refractivity contribution in [3.8, 4) is 0 Å². The summed E-state index contributed by atoms with van der Waals surface area (Å²) < 4.78 is 0. The number of anilines is 1. The van der Waals surface area contributed by atoms with Gasteiger partial charge in [0.25, 0.3) is 5.91 Å². The van der Waals surface area contributed by atoms with Crippen LogP contribution in [0.1, 0.15) is 19.4 Å². The molecule has 1 unspecified atom stereocenters. The van der Waals surface area contributed by atoms with E-state index in [4.69, 9.17) is 0 Å². The van der Waals surface area contributed by atoms with Crippen molar-refractivity contribution < 1.29 is 9.90 Å². The number of amides is 1. The number of allylic oxidation sites excluding steroid dienone is 1. The molecule has 78 valence electrons. The van der Waals surface area contributed by atoms with E-state index in [0.717, 1.165) is 5.57 Å². The minimum absolute atomic E-state index is 0.384. The summed E-state index contributed by atoms with van der Waals surface area (Å²) in [4.78, 5) is 11.7. The maximum absolute atomic E-state index is 11.7. The molecule has 0 aliphatic carbocycles. The van der Waals surface area contributed by atoms with Crippen molar-refractivity contribution in [1.82, 2.24) is 0 Å². The molecule has 0 bridgehead atoms. The lowest BCUT2D eigenvalue weighted by atomic mass is 9.93. The first-order valence-corrected chi connectivity index (χ1v) is 4.83. The van der Waals surface area contributed by atoms with Crippen LogP contribution in [-0.2, 0) is 10.4 Å². The molecule has 1 atom stereocenters. The smallest absolute Gasteiger partial charge is 0.265 e. The SMILES string of the molecule is CC(C)=CC1(O)C(=O)Nc2ccccc21. The Labute approximate surface area is 88.4 Å². The first-order chi connectivity index (χ1) is 7.04. The third-order valence-electron chi connectivity index (χ3n) is 2.43. The van der Waals surface area contributed by atoms with Gasteiger partial charge in [-0.2, -0.15) is 0 Å². The maximum atomic E-state index is 11.7. The van der Waals surface area contributed by atoms with E-state index in [1.807, 2.05) is 26.0 Å². The van der Waals surface area contributed by atoms with Crippen molar-refractivity contribution in [3.63, 3.8) is 0 Å². The van der Waals surface area contributed by atoms with Crippen molar-refractivity contribution in [2.24, 2.45) is 0 Å². The number of aliphatic hydroxyl groups is 1. The van der Waals surface area contributed by atoms with Crippen LogP contribution in [0.3, 0.4) is 0 Å². The van der Waals surface area contributed by atoms with E-state index >= 15 is 0 Å². The highest BCUT2D eigenvalue weighted by Crippen LogP contribution is 2.37. The van der Waals surface area contributed by atoms with E-state index < -0.39 is 5.60 Å². The molecular weight excluding hydrogens is 190 g/mol. The Balaban J connectivity index is 2.59. The van der Waals surface area contributed by atoms with Crippen LogP contribution in [0.5, 0.6) is 0 Å². The first-order valence-electron chi connectivity index (χ1n) is 4.83. The van der Waals surface area contributed by atoms with Gasteiger partial charge in [-0.3, -0.25) is 4.79 Å². The molecule has 1 aromatic carbocycles. The Kier molecular flexibility index (Phi) is 2.12. The average Bonchev–Trinajstić information content (AvgIpc) is 2.39. The van der Waals surface area contributed by atoms with Gasteiger partial charge in [0, 0.05) is 11.3 Å². The van der Waals surface area contributed by atoms with Crippen molar-refractivity contribution >= 4 is 11.6 Å². The van der Waals surface area contributed by atoms with Crippen molar-refractivity contribution in [2.45, 2.75) is 19.4 Å². The molecule has 1 heterocycles. The average molecular weight is 203 g/mol. The second-order valence-corrected chi connectivity index (χ2v) is 3.99. The molecule has 2 N–H and O–H groups in total. The lowest BCUT2D eigenvalue weighted by Crippen LogP contribution is -2.32. The number of hydrogen-bond donors (Lipinski definition) is 2. The minimum atomic E-state index is -1.50. The van der Waals surface area contributed by atoms with Gasteiger partial charge in [-0.25, -0.2) is 0 Å². The second kappa shape index (κ2) is 3.21. The van der Waals surface area contributed by atoms with Crippen LogP contribution in [0, 0.1) is 0 Å². The summed E-state index contributed by atoms with van der Waals surface area (Å²) in [5.41, 5.74) is 0.707. The molecule has 0 radical (unpaired) electrons. The fourth-order valence-electron chi connectivity index (χ4n) is 1.83. The minimum Gasteiger partial charge on any atom is -0.372 e. The topological polar surface area (TPSA) is 49.3 Å². The lowest BCUT2D eigenvalue weighted by molar-refractivity contribution is -0.129. The molecule has 0 spiro atoms. The zero-order valence-corrected chi connectivity index (χ0v) is 8.74. The largest absolute Gasteiger partial charge is 0.372 e. The van der Waals surface area contributed by atoms with Crippen molar-refractivity contribution in [2.75, 3.05) is 5.32 Å². The number of para-hydroxylation sites is 1. The quantitative estimate of drug-likeness (QED) is 0.684. The lowest BCUT2D eigenvalue weighted by Gasteiger charge is -2.16. The number of carbonyl (C=O) groups is 1. The van der Waals surface area contributed by atoms with E-state index in [0.29, 0.717) is 11.3 Å². The maximum Gasteiger partial charge on any atom is 0.265 e. The van der Waals surface area contributed by atoms with Crippen molar-refractivity contribution in [3.05, 3.63) is 41.5 Å². The molecule has 1 aliphatic heterocycles. The van der Waals surface area contributed by atoms with Crippen molar-refractivity contribution in [1.29, 1.82) is 0 Å². The van der Waals surface area contributed by atoms with E-state index in [1.165, 1.54) is 0 Å². The summed E-state index contributed by atoms with van der Waals surface area (Å²) in [6, 6.07) is 7.17. The highest BCUT2D eigenvalue weighted by atomic mass is 16.3. The van der Waals surface area contributed by atoms with Gasteiger partial charge in [-0.15, -0.1) is 0 Å². The summed E-state index contributed by atoms with van der Waals surface area (Å²) in [7, 11) is 0. The van der Waals surface area contributed by atoms with Gasteiger partial charge in [0.05, 0.1) is 0 Å². The standard InChI is InChI=1S/C12H13NO2/c1-8(2)7-12(15)9-5-3-4-6-10(9)13-11(12)14/h3-7,15H,1-2H3,(H,13,14). The number of fused-ring (bicyclic) bond motifs is 1. The molecule has 0 saturated heterocycles. The van der Waals surface area contributed by atoms with Gasteiger partial charge in [0.15, 0.2) is 5.60 Å². The van der Waals surface area contributed by atoms with Crippen LogP contribution in [0.15, 0.2) is 35.9 Å². The van der Waals surface area contributed by atoms with E-state index in [9.17, 15) is 9.90 Å². The van der Waals surface area contributed by atoms with Crippen LogP contribution in [-0.4, -0.2) is 11.0 Å². The summed E-state index contributed by atoms with van der Waals surface area (Å²) in [6.45, 7) is 3.71. The molecule has 0 aromatic heterocycles. The number of nitrogens with one attached hydrogen (secondary N) is 1. The normalized spacial score (nSPS) is 23.3. The van der Waals surface area contributed by atoms with Crippen LogP contribution >= 0.6 is 0 Å². The second-order valence-electron chi connectivity index (χ2n) is 3.99. The molecular formula is C12H13NO2. The Morgan fingerprint density at radius 1 is 1.40 bits per heavy atom. The summed E-state index contributed by atoms with van der Waals surface area (Å²) >= 11 is 0. The molecule has 3 heteroatoms. The highest BCUT2D eigenvalue weighted by molar-refractivity contribution is 6.06. The first kappa shape index (κ1) is 9.93. The van der Waals surface area contributed by atoms with Gasteiger partial charge in [-0.1, -0.05) is 23.8 Å². The number of carbonyl (C=O) groups excluding carboxylic acids is 1. The van der Waals surface area contributed by atoms with Crippen LogP contribution < -0.4 is 5.32 Å².